The number of rotatable bonds is 10. The molecule has 0 aliphatic carbocycles. The lowest BCUT2D eigenvalue weighted by Crippen LogP contribution is -2.50. The first-order valence-corrected chi connectivity index (χ1v) is 13.5. The van der Waals surface area contributed by atoms with Crippen molar-refractivity contribution in [3.05, 3.63) is 71.8 Å². The SMILES string of the molecule is CCCN(Cc1ccc(OC(F)(F)F)cc1)c1ccc(NC(=O)[C@H]2CCCCN2C(=O)Cn2ccnc2)cc1Cl. The molecule has 1 saturated heterocycles. The lowest BCUT2D eigenvalue weighted by molar-refractivity contribution is -0.274. The molecule has 2 heterocycles. The first-order chi connectivity index (χ1) is 19.1. The third-order valence-corrected chi connectivity index (χ3v) is 6.89. The Hall–Kier alpha value is -3.73. The second-order valence-electron chi connectivity index (χ2n) is 9.60. The van der Waals surface area contributed by atoms with Crippen LogP contribution < -0.4 is 15.0 Å². The van der Waals surface area contributed by atoms with Gasteiger partial charge >= 0.3 is 6.36 Å². The zero-order chi connectivity index (χ0) is 28.7. The molecule has 214 valence electrons. The minimum atomic E-state index is -4.74. The quantitative estimate of drug-likeness (QED) is 0.326. The number of likely N-dealkylation sites (tertiary alicyclic amines) is 1. The average Bonchev–Trinajstić information content (AvgIpc) is 3.42. The maximum atomic E-state index is 13.2. The third kappa shape index (κ3) is 7.91. The highest BCUT2D eigenvalue weighted by Gasteiger charge is 2.32. The largest absolute Gasteiger partial charge is 0.573 e. The molecular weight excluding hydrogens is 547 g/mol. The van der Waals surface area contributed by atoms with Gasteiger partial charge in [0.2, 0.25) is 11.8 Å². The second kappa shape index (κ2) is 13.1. The number of ether oxygens (including phenoxy) is 1. The Kier molecular flexibility index (Phi) is 9.57. The molecule has 1 fully saturated rings. The molecule has 0 radical (unpaired) electrons. The van der Waals surface area contributed by atoms with Gasteiger partial charge in [-0.2, -0.15) is 0 Å². The van der Waals surface area contributed by atoms with Gasteiger partial charge in [0, 0.05) is 37.7 Å². The molecule has 40 heavy (non-hydrogen) atoms. The topological polar surface area (TPSA) is 79.7 Å². The maximum Gasteiger partial charge on any atom is 0.573 e. The van der Waals surface area contributed by atoms with Crippen molar-refractivity contribution < 1.29 is 27.5 Å². The predicted molar refractivity (Wildman–Crippen MR) is 146 cm³/mol. The van der Waals surface area contributed by atoms with Gasteiger partial charge in [-0.3, -0.25) is 9.59 Å². The fraction of sp³-hybridized carbons (Fsp3) is 0.393. The van der Waals surface area contributed by atoms with E-state index < -0.39 is 12.4 Å². The van der Waals surface area contributed by atoms with Crippen LogP contribution in [0.25, 0.3) is 0 Å². The Morgan fingerprint density at radius 2 is 1.95 bits per heavy atom. The standard InChI is InChI=1S/C28H31ClF3N5O3/c1-2-13-36(17-20-6-9-22(10-7-20)40-28(30,31)32)24-11-8-21(16-23(24)29)34-27(39)25-5-3-4-14-37(25)26(38)18-35-15-12-33-19-35/h6-12,15-16,19,25H,2-5,13-14,17-18H2,1H3,(H,34,39)/t25-/m1/s1. The first-order valence-electron chi connectivity index (χ1n) is 13.1. The van der Waals surface area contributed by atoms with E-state index in [9.17, 15) is 22.8 Å². The smallest absolute Gasteiger partial charge is 0.406 e. The fourth-order valence-corrected chi connectivity index (χ4v) is 5.07. The van der Waals surface area contributed by atoms with Crippen molar-refractivity contribution >= 4 is 34.8 Å². The minimum Gasteiger partial charge on any atom is -0.406 e. The molecule has 4 rings (SSSR count). The van der Waals surface area contributed by atoms with E-state index in [0.717, 1.165) is 30.5 Å². The van der Waals surface area contributed by atoms with E-state index in [2.05, 4.69) is 15.0 Å². The van der Waals surface area contributed by atoms with Gasteiger partial charge in [0.1, 0.15) is 18.3 Å². The summed E-state index contributed by atoms with van der Waals surface area (Å²) in [5.41, 5.74) is 2.03. The van der Waals surface area contributed by atoms with Gasteiger partial charge in [-0.05, 0) is 61.6 Å². The number of alkyl halides is 3. The van der Waals surface area contributed by atoms with Crippen LogP contribution in [0.3, 0.4) is 0 Å². The number of hydrogen-bond acceptors (Lipinski definition) is 5. The monoisotopic (exact) mass is 577 g/mol. The summed E-state index contributed by atoms with van der Waals surface area (Å²) in [6.07, 6.45) is 3.21. The van der Waals surface area contributed by atoms with E-state index in [4.69, 9.17) is 11.6 Å². The zero-order valence-corrected chi connectivity index (χ0v) is 22.8. The third-order valence-electron chi connectivity index (χ3n) is 6.58. The van der Waals surface area contributed by atoms with Crippen molar-refractivity contribution in [1.29, 1.82) is 0 Å². The fourth-order valence-electron chi connectivity index (χ4n) is 4.77. The number of imidazole rings is 1. The number of anilines is 2. The molecule has 1 aromatic heterocycles. The summed E-state index contributed by atoms with van der Waals surface area (Å²) in [6, 6.07) is 10.4. The highest BCUT2D eigenvalue weighted by molar-refractivity contribution is 6.33. The van der Waals surface area contributed by atoms with E-state index >= 15 is 0 Å². The van der Waals surface area contributed by atoms with Crippen molar-refractivity contribution in [2.24, 2.45) is 0 Å². The Morgan fingerprint density at radius 1 is 1.18 bits per heavy atom. The Labute approximate surface area is 235 Å². The molecule has 3 aromatic rings. The van der Waals surface area contributed by atoms with Crippen molar-refractivity contribution in [2.45, 2.75) is 58.1 Å². The summed E-state index contributed by atoms with van der Waals surface area (Å²) in [5.74, 6) is -0.690. The van der Waals surface area contributed by atoms with E-state index in [-0.39, 0.29) is 24.1 Å². The summed E-state index contributed by atoms with van der Waals surface area (Å²) in [6.45, 7) is 3.72. The van der Waals surface area contributed by atoms with Crippen molar-refractivity contribution in [3.63, 3.8) is 0 Å². The number of amides is 2. The van der Waals surface area contributed by atoms with Gasteiger partial charge in [-0.1, -0.05) is 30.7 Å². The summed E-state index contributed by atoms with van der Waals surface area (Å²) in [4.78, 5) is 33.7. The van der Waals surface area contributed by atoms with Gasteiger partial charge in [0.15, 0.2) is 0 Å². The lowest BCUT2D eigenvalue weighted by Gasteiger charge is -2.35. The van der Waals surface area contributed by atoms with E-state index in [1.54, 1.807) is 58.5 Å². The molecule has 0 bridgehead atoms. The van der Waals surface area contributed by atoms with Crippen LogP contribution in [0.15, 0.2) is 61.2 Å². The number of halogens is 4. The van der Waals surface area contributed by atoms with Crippen LogP contribution in [-0.2, 0) is 22.7 Å². The second-order valence-corrected chi connectivity index (χ2v) is 10.0. The van der Waals surface area contributed by atoms with Crippen LogP contribution in [0.1, 0.15) is 38.2 Å². The van der Waals surface area contributed by atoms with E-state index in [1.165, 1.54) is 12.1 Å². The van der Waals surface area contributed by atoms with Gasteiger partial charge < -0.3 is 24.4 Å². The summed E-state index contributed by atoms with van der Waals surface area (Å²) < 4.78 is 43.0. The summed E-state index contributed by atoms with van der Waals surface area (Å²) >= 11 is 6.64. The number of hydrogen-bond donors (Lipinski definition) is 1. The number of piperidine rings is 1. The van der Waals surface area contributed by atoms with Crippen molar-refractivity contribution in [1.82, 2.24) is 14.5 Å². The molecule has 0 saturated carbocycles. The molecule has 0 unspecified atom stereocenters. The highest BCUT2D eigenvalue weighted by atomic mass is 35.5. The molecule has 1 N–H and O–H groups in total. The van der Waals surface area contributed by atoms with Crippen LogP contribution in [0.4, 0.5) is 24.5 Å². The molecule has 1 aliphatic heterocycles. The minimum absolute atomic E-state index is 0.121. The average molecular weight is 578 g/mol. The van der Waals surface area contributed by atoms with E-state index in [0.29, 0.717) is 36.8 Å². The Bertz CT molecular complexity index is 1290. The lowest BCUT2D eigenvalue weighted by atomic mass is 10.0. The van der Waals surface area contributed by atoms with Gasteiger partial charge in [0.05, 0.1) is 17.0 Å². The van der Waals surface area contributed by atoms with E-state index in [1.807, 2.05) is 11.8 Å². The number of nitrogens with zero attached hydrogens (tertiary/aromatic N) is 4. The summed E-state index contributed by atoms with van der Waals surface area (Å²) in [5, 5.41) is 3.32. The molecule has 8 nitrogen and oxygen atoms in total. The van der Waals surface area contributed by atoms with Gasteiger partial charge in [0.25, 0.3) is 0 Å². The highest BCUT2D eigenvalue weighted by Crippen LogP contribution is 2.31. The Morgan fingerprint density at radius 3 is 2.60 bits per heavy atom. The first kappa shape index (κ1) is 29.3. The molecule has 1 atom stereocenters. The predicted octanol–water partition coefficient (Wildman–Crippen LogP) is 5.87. The van der Waals surface area contributed by atoms with Gasteiger partial charge in [-0.25, -0.2) is 4.98 Å². The Balaban J connectivity index is 1.42. The number of carbonyl (C=O) groups excluding carboxylic acids is 2. The molecule has 0 spiro atoms. The molecular formula is C28H31ClF3N5O3. The normalized spacial score (nSPS) is 15.5. The molecule has 2 amide bonds. The summed E-state index contributed by atoms with van der Waals surface area (Å²) in [7, 11) is 0. The van der Waals surface area contributed by atoms with Crippen LogP contribution >= 0.6 is 11.6 Å². The van der Waals surface area contributed by atoms with Crippen LogP contribution in [0, 0.1) is 0 Å². The van der Waals surface area contributed by atoms with Crippen LogP contribution in [0.2, 0.25) is 5.02 Å². The maximum absolute atomic E-state index is 13.2. The zero-order valence-electron chi connectivity index (χ0n) is 22.0. The number of carbonyl (C=O) groups is 2. The van der Waals surface area contributed by atoms with Gasteiger partial charge in [-0.15, -0.1) is 13.2 Å². The van der Waals surface area contributed by atoms with Crippen molar-refractivity contribution in [2.75, 3.05) is 23.3 Å². The number of nitrogens with one attached hydrogen (secondary N) is 1. The number of aromatic nitrogens is 2. The number of benzene rings is 2. The van der Waals surface area contributed by atoms with Crippen LogP contribution in [-0.4, -0.2) is 51.8 Å². The van der Waals surface area contributed by atoms with Crippen molar-refractivity contribution in [3.8, 4) is 5.75 Å². The van der Waals surface area contributed by atoms with Crippen LogP contribution in [0.5, 0.6) is 5.75 Å². The molecule has 2 aromatic carbocycles. The molecule has 12 heteroatoms. The molecule has 1 aliphatic rings.